The maximum absolute atomic E-state index is 9.45. The number of aliphatic carboxylic acids is 1. The summed E-state index contributed by atoms with van der Waals surface area (Å²) in [5, 5.41) is 15.8. The summed E-state index contributed by atoms with van der Waals surface area (Å²) in [5.41, 5.74) is 0. The van der Waals surface area contributed by atoms with Crippen LogP contribution in [0.25, 0.3) is 0 Å². The van der Waals surface area contributed by atoms with Gasteiger partial charge in [-0.1, -0.05) is 0 Å². The van der Waals surface area contributed by atoms with Gasteiger partial charge in [0, 0.05) is 0 Å². The summed E-state index contributed by atoms with van der Waals surface area (Å²) < 4.78 is 0. The van der Waals surface area contributed by atoms with Crippen molar-refractivity contribution in [1.29, 1.82) is 0 Å². The van der Waals surface area contributed by atoms with E-state index in [0.717, 1.165) is 0 Å². The normalized spacial score (nSPS) is 7.45. The van der Waals surface area contributed by atoms with Crippen LogP contribution in [0, 0.1) is 0 Å². The van der Waals surface area contributed by atoms with Gasteiger partial charge in [0.2, 0.25) is 0 Å². The van der Waals surface area contributed by atoms with E-state index in [1.807, 2.05) is 0 Å². The van der Waals surface area contributed by atoms with Gasteiger partial charge in [-0.05, 0) is 6.92 Å². The van der Waals surface area contributed by atoms with Crippen LogP contribution >= 0.6 is 0 Å². The predicted octanol–water partition coefficient (Wildman–Crippen LogP) is -4.00. The van der Waals surface area contributed by atoms with E-state index < -0.39 is 12.1 Å². The fraction of sp³-hybridized carbons (Fsp3) is 0.667. The van der Waals surface area contributed by atoms with Crippen LogP contribution in [0.1, 0.15) is 9.78 Å². The van der Waals surface area contributed by atoms with Crippen LogP contribution in [-0.4, -0.2) is 81.9 Å². The third-order valence-corrected chi connectivity index (χ3v) is 0.357. The molecule has 7 nitrogen and oxygen atoms in total. The minimum absolute atomic E-state index is 0. The smallest absolute Gasteiger partial charge is 1.00 e. The number of hydrogen-bond acceptors (Lipinski definition) is 2. The number of aliphatic hydroxyl groups excluding tert-OH is 1. The molecule has 0 aliphatic heterocycles. The minimum Gasteiger partial charge on any atom is -1.00 e. The number of rotatable bonds is 1. The molecule has 0 fully saturated rings. The van der Waals surface area contributed by atoms with Crippen molar-refractivity contribution in [1.82, 2.24) is 0 Å². The Labute approximate surface area is 96.2 Å². The number of aliphatic hydroxyl groups is 1. The van der Waals surface area contributed by atoms with Crippen molar-refractivity contribution < 1.29 is 39.8 Å². The first-order valence-corrected chi connectivity index (χ1v) is 1.55. The molecule has 0 aromatic carbocycles. The fourth-order valence-electron chi connectivity index (χ4n) is 0. The molecule has 10 N–H and O–H groups in total. The number of carboxylic acid groups (broad SMARTS) is 1. The number of hydrogen-bond donors (Lipinski definition) is 2. The predicted molar refractivity (Wildman–Crippen MR) is 41.7 cm³/mol. The average Bonchev–Trinajstić information content (AvgIpc) is 1.36. The summed E-state index contributed by atoms with van der Waals surface area (Å²) in [5.74, 6) is -1.19. The molecule has 0 bridgehead atoms. The molecule has 0 aromatic rings. The zero-order valence-corrected chi connectivity index (χ0v) is 8.30. The first-order valence-electron chi connectivity index (χ1n) is 1.55. The molecule has 0 aliphatic rings. The van der Waals surface area contributed by atoms with E-state index in [4.69, 9.17) is 10.2 Å². The van der Waals surface area contributed by atoms with Gasteiger partial charge in [-0.25, -0.2) is 4.79 Å². The molecule has 0 heterocycles. The quantitative estimate of drug-likeness (QED) is 0.413. The first-order chi connectivity index (χ1) is 2.64. The van der Waals surface area contributed by atoms with Crippen molar-refractivity contribution in [2.75, 3.05) is 0 Å². The van der Waals surface area contributed by atoms with E-state index >= 15 is 0 Å². The van der Waals surface area contributed by atoms with Crippen LogP contribution < -0.4 is 0 Å². The largest absolute Gasteiger partial charge is 2.00 e. The van der Waals surface area contributed by atoms with Crippen molar-refractivity contribution in [3.05, 3.63) is 0 Å². The van der Waals surface area contributed by atoms with Crippen molar-refractivity contribution >= 4 is 43.7 Å². The van der Waals surface area contributed by atoms with E-state index in [2.05, 4.69) is 0 Å². The van der Waals surface area contributed by atoms with Crippen LogP contribution in [-0.2, 0) is 4.79 Å². The van der Waals surface area contributed by atoms with Gasteiger partial charge < -0.3 is 35.0 Å². The van der Waals surface area contributed by atoms with Crippen molar-refractivity contribution in [3.63, 3.8) is 0 Å². The monoisotopic (exact) mass is 204 g/mol. The molecule has 1 unspecified atom stereocenters. The Balaban J connectivity index is -0.00000000595. The Morgan fingerprint density at radius 3 is 1.36 bits per heavy atom. The van der Waals surface area contributed by atoms with Gasteiger partial charge in [0.05, 0.1) is 0 Å². The van der Waals surface area contributed by atoms with Crippen LogP contribution in [0.2, 0.25) is 0 Å². The summed E-state index contributed by atoms with van der Waals surface area (Å²) in [4.78, 5) is 9.45. The number of carbonyl (C=O) groups is 1. The van der Waals surface area contributed by atoms with Crippen LogP contribution in [0.3, 0.4) is 0 Å². The summed E-state index contributed by atoms with van der Waals surface area (Å²) in [6, 6.07) is 0. The molecule has 0 spiro atoms. The van der Waals surface area contributed by atoms with E-state index in [0.29, 0.717) is 0 Å². The van der Waals surface area contributed by atoms with Crippen LogP contribution in [0.5, 0.6) is 0 Å². The van der Waals surface area contributed by atoms with Gasteiger partial charge in [0.25, 0.3) is 0 Å². The molecule has 0 saturated heterocycles. The van der Waals surface area contributed by atoms with Gasteiger partial charge in [0.1, 0.15) is 6.10 Å². The van der Waals surface area contributed by atoms with Crippen molar-refractivity contribution in [3.8, 4) is 0 Å². The fourth-order valence-corrected chi connectivity index (χ4v) is 0. The first kappa shape index (κ1) is 41.8. The van der Waals surface area contributed by atoms with Crippen LogP contribution in [0.4, 0.5) is 0 Å². The van der Waals surface area contributed by atoms with Gasteiger partial charge in [-0.15, -0.1) is 0 Å². The van der Waals surface area contributed by atoms with Gasteiger partial charge in [-0.2, -0.15) is 0 Å². The molecule has 0 amide bonds. The molecular formula is C3H16CaO7. The zero-order chi connectivity index (χ0) is 5.15. The van der Waals surface area contributed by atoms with E-state index in [1.54, 1.807) is 0 Å². The molecule has 72 valence electrons. The molecule has 0 rings (SSSR count). The Kier molecular flexibility index (Phi) is 85.2. The second-order valence-corrected chi connectivity index (χ2v) is 1.01. The van der Waals surface area contributed by atoms with Crippen molar-refractivity contribution in [2.24, 2.45) is 0 Å². The minimum atomic E-state index is -1.23. The summed E-state index contributed by atoms with van der Waals surface area (Å²) in [6.07, 6.45) is -1.23. The van der Waals surface area contributed by atoms with E-state index in [-0.39, 0.29) is 62.5 Å². The van der Waals surface area contributed by atoms with E-state index in [9.17, 15) is 4.79 Å². The Hall–Kier alpha value is 0.530. The van der Waals surface area contributed by atoms with Gasteiger partial charge in [0.15, 0.2) is 0 Å². The van der Waals surface area contributed by atoms with Crippen molar-refractivity contribution in [2.45, 2.75) is 13.0 Å². The summed E-state index contributed by atoms with van der Waals surface area (Å²) >= 11 is 0. The average molecular weight is 204 g/mol. The molecule has 0 saturated carbocycles. The number of carboxylic acids is 1. The molecule has 1 atom stereocenters. The molecule has 11 heavy (non-hydrogen) atoms. The second kappa shape index (κ2) is 22.4. The SMILES string of the molecule is CC(O)C(=O)O.O.O.O.O.[Ca+2].[H-].[H-]. The molecule has 8 heteroatoms. The van der Waals surface area contributed by atoms with E-state index in [1.165, 1.54) is 6.92 Å². The van der Waals surface area contributed by atoms with Crippen LogP contribution in [0.15, 0.2) is 0 Å². The Morgan fingerprint density at radius 1 is 1.27 bits per heavy atom. The summed E-state index contributed by atoms with van der Waals surface area (Å²) in [7, 11) is 0. The summed E-state index contributed by atoms with van der Waals surface area (Å²) in [6.45, 7) is 1.20. The third-order valence-electron chi connectivity index (χ3n) is 0.357. The molecule has 0 aliphatic carbocycles. The Morgan fingerprint density at radius 2 is 1.36 bits per heavy atom. The maximum Gasteiger partial charge on any atom is 2.00 e. The Bertz CT molecular complexity index is 72.8. The topological polar surface area (TPSA) is 184 Å². The molecule has 0 aromatic heterocycles. The standard InChI is InChI=1S/C3H6O3.Ca.4H2O.2H/c1-2(4)3(5)6;;;;;;;/h2,4H,1H3,(H,5,6);;4*1H2;;/q;+2;;;;;2*-1. The van der Waals surface area contributed by atoms with Gasteiger partial charge in [-0.3, -0.25) is 0 Å². The maximum atomic E-state index is 9.45. The molecule has 0 radical (unpaired) electrons. The second-order valence-electron chi connectivity index (χ2n) is 1.01. The third kappa shape index (κ3) is 37.3. The zero-order valence-electron chi connectivity index (χ0n) is 8.09. The molecular weight excluding hydrogens is 188 g/mol. The van der Waals surface area contributed by atoms with Gasteiger partial charge >= 0.3 is 43.7 Å².